The Morgan fingerprint density at radius 1 is 1.09 bits per heavy atom. The van der Waals surface area contributed by atoms with Crippen molar-refractivity contribution in [2.75, 3.05) is 34.0 Å². The minimum Gasteiger partial charge on any atom is -0.507 e. The highest BCUT2D eigenvalue weighted by Gasteiger charge is 2.46. The van der Waals surface area contributed by atoms with Gasteiger partial charge in [0.15, 0.2) is 11.5 Å². The lowest BCUT2D eigenvalue weighted by molar-refractivity contribution is -0.140. The highest BCUT2D eigenvalue weighted by Crippen LogP contribution is 2.42. The molecule has 8 nitrogen and oxygen atoms in total. The van der Waals surface area contributed by atoms with Crippen LogP contribution in [0, 0.1) is 12.8 Å². The van der Waals surface area contributed by atoms with Crippen LogP contribution in [0.4, 0.5) is 0 Å². The first-order chi connectivity index (χ1) is 16.2. The number of ether oxygens (including phenoxy) is 3. The topological polar surface area (TPSA) is 106 Å². The van der Waals surface area contributed by atoms with Crippen LogP contribution < -0.4 is 9.47 Å². The van der Waals surface area contributed by atoms with Gasteiger partial charge in [0.05, 0.1) is 31.9 Å². The summed E-state index contributed by atoms with van der Waals surface area (Å²) < 4.78 is 16.1. The molecule has 0 aromatic heterocycles. The van der Waals surface area contributed by atoms with E-state index >= 15 is 0 Å². The summed E-state index contributed by atoms with van der Waals surface area (Å²) in [4.78, 5) is 27.3. The van der Waals surface area contributed by atoms with E-state index in [4.69, 9.17) is 14.2 Å². The van der Waals surface area contributed by atoms with Crippen molar-refractivity contribution in [2.24, 2.45) is 5.92 Å². The summed E-state index contributed by atoms with van der Waals surface area (Å²) in [6, 6.07) is 8.82. The summed E-state index contributed by atoms with van der Waals surface area (Å²) in [6.07, 6.45) is 0. The maximum Gasteiger partial charge on any atom is 0.295 e. The second-order valence-corrected chi connectivity index (χ2v) is 8.60. The normalized spacial score (nSPS) is 17.5. The molecule has 1 aliphatic heterocycles. The molecule has 8 heteroatoms. The van der Waals surface area contributed by atoms with E-state index in [0.29, 0.717) is 29.4 Å². The van der Waals surface area contributed by atoms with Crippen LogP contribution in [-0.4, -0.2) is 60.8 Å². The largest absolute Gasteiger partial charge is 0.507 e. The Hall–Kier alpha value is -3.52. The number of aromatic hydroxyl groups is 1. The molecule has 0 radical (unpaired) electrons. The number of aryl methyl sites for hydroxylation is 1. The Bertz CT molecular complexity index is 1110. The smallest absolute Gasteiger partial charge is 0.295 e. The zero-order valence-electron chi connectivity index (χ0n) is 20.1. The summed E-state index contributed by atoms with van der Waals surface area (Å²) in [5.41, 5.74) is 1.67. The molecule has 1 amide bonds. The van der Waals surface area contributed by atoms with Gasteiger partial charge in [-0.2, -0.15) is 0 Å². The number of methoxy groups -OCH3 is 2. The van der Waals surface area contributed by atoms with Crippen LogP contribution in [0.2, 0.25) is 0 Å². The minimum atomic E-state index is -0.873. The Morgan fingerprint density at radius 3 is 2.44 bits per heavy atom. The SMILES string of the molecule is COCCN1C(=O)C(=O)/C(=C(/O)c2ccc(OCC(C)C)c(C)c2)C1c1ccc(O)c(OC)c1. The number of amides is 1. The zero-order valence-corrected chi connectivity index (χ0v) is 20.1. The van der Waals surface area contributed by atoms with E-state index in [-0.39, 0.29) is 36.0 Å². The molecule has 1 aliphatic rings. The van der Waals surface area contributed by atoms with Crippen LogP contribution in [0.5, 0.6) is 17.2 Å². The Kier molecular flexibility index (Phi) is 7.83. The molecular weight excluding hydrogens is 438 g/mol. The molecule has 1 atom stereocenters. The third-order valence-electron chi connectivity index (χ3n) is 5.62. The number of hydrogen-bond acceptors (Lipinski definition) is 7. The maximum atomic E-state index is 13.1. The number of rotatable bonds is 9. The van der Waals surface area contributed by atoms with E-state index in [1.165, 1.54) is 25.2 Å². The van der Waals surface area contributed by atoms with Gasteiger partial charge in [-0.3, -0.25) is 9.59 Å². The first kappa shape index (κ1) is 25.1. The van der Waals surface area contributed by atoms with Crippen molar-refractivity contribution in [3.63, 3.8) is 0 Å². The number of ketones is 1. The Labute approximate surface area is 199 Å². The van der Waals surface area contributed by atoms with Gasteiger partial charge in [-0.1, -0.05) is 19.9 Å². The van der Waals surface area contributed by atoms with Crippen molar-refractivity contribution in [1.82, 2.24) is 4.90 Å². The monoisotopic (exact) mass is 469 g/mol. The molecule has 2 aromatic rings. The van der Waals surface area contributed by atoms with Crippen LogP contribution in [0.1, 0.15) is 36.6 Å². The van der Waals surface area contributed by atoms with Crippen molar-refractivity contribution in [1.29, 1.82) is 0 Å². The first-order valence-electron chi connectivity index (χ1n) is 11.1. The van der Waals surface area contributed by atoms with Crippen LogP contribution in [0.25, 0.3) is 5.76 Å². The molecule has 0 spiro atoms. The number of phenolic OH excluding ortho intramolecular Hbond substituents is 1. The van der Waals surface area contributed by atoms with Crippen molar-refractivity contribution in [3.05, 3.63) is 58.7 Å². The number of phenols is 1. The summed E-state index contributed by atoms with van der Waals surface area (Å²) in [6.45, 7) is 6.87. The molecule has 1 saturated heterocycles. The molecule has 1 unspecified atom stereocenters. The quantitative estimate of drug-likeness (QED) is 0.327. The van der Waals surface area contributed by atoms with Crippen LogP contribution in [-0.2, 0) is 14.3 Å². The van der Waals surface area contributed by atoms with Crippen molar-refractivity contribution in [2.45, 2.75) is 26.8 Å². The summed E-state index contributed by atoms with van der Waals surface area (Å²) in [5, 5.41) is 21.2. The molecule has 34 heavy (non-hydrogen) atoms. The molecule has 1 heterocycles. The fourth-order valence-electron chi connectivity index (χ4n) is 3.88. The summed E-state index contributed by atoms with van der Waals surface area (Å²) in [5.74, 6) is -0.644. The van der Waals surface area contributed by atoms with Crippen LogP contribution in [0.15, 0.2) is 42.0 Å². The predicted molar refractivity (Wildman–Crippen MR) is 127 cm³/mol. The fourth-order valence-corrected chi connectivity index (χ4v) is 3.88. The first-order valence-corrected chi connectivity index (χ1v) is 11.1. The highest BCUT2D eigenvalue weighted by atomic mass is 16.5. The Balaban J connectivity index is 2.11. The van der Waals surface area contributed by atoms with Crippen molar-refractivity contribution < 1.29 is 34.0 Å². The van der Waals surface area contributed by atoms with E-state index in [0.717, 1.165) is 5.56 Å². The van der Waals surface area contributed by atoms with Gasteiger partial charge in [-0.25, -0.2) is 0 Å². The molecule has 0 saturated carbocycles. The number of aliphatic hydroxyl groups excluding tert-OH is 1. The summed E-state index contributed by atoms with van der Waals surface area (Å²) >= 11 is 0. The molecular formula is C26H31NO7. The van der Waals surface area contributed by atoms with Gasteiger partial charge in [0.1, 0.15) is 11.5 Å². The van der Waals surface area contributed by atoms with Gasteiger partial charge in [0, 0.05) is 19.2 Å². The number of carbonyl (C=O) groups is 2. The molecule has 3 rings (SSSR count). The number of aliphatic hydroxyl groups is 1. The Morgan fingerprint density at radius 2 is 1.82 bits per heavy atom. The lowest BCUT2D eigenvalue weighted by Gasteiger charge is -2.25. The number of Topliss-reactive ketones (excluding diaryl/α,β-unsaturated/α-hetero) is 1. The van der Waals surface area contributed by atoms with Gasteiger partial charge in [0.2, 0.25) is 0 Å². The van der Waals surface area contributed by atoms with Gasteiger partial charge in [-0.15, -0.1) is 0 Å². The molecule has 182 valence electrons. The maximum absolute atomic E-state index is 13.1. The lowest BCUT2D eigenvalue weighted by Crippen LogP contribution is -2.32. The zero-order chi connectivity index (χ0) is 25.0. The lowest BCUT2D eigenvalue weighted by atomic mass is 9.94. The van der Waals surface area contributed by atoms with E-state index < -0.39 is 17.7 Å². The second-order valence-electron chi connectivity index (χ2n) is 8.60. The average molecular weight is 470 g/mol. The van der Waals surface area contributed by atoms with Crippen LogP contribution in [0.3, 0.4) is 0 Å². The summed E-state index contributed by atoms with van der Waals surface area (Å²) in [7, 11) is 2.91. The molecule has 2 aromatic carbocycles. The van der Waals surface area contributed by atoms with Crippen molar-refractivity contribution >= 4 is 17.4 Å². The molecule has 2 N–H and O–H groups in total. The van der Waals surface area contributed by atoms with Crippen LogP contribution >= 0.6 is 0 Å². The second kappa shape index (κ2) is 10.6. The average Bonchev–Trinajstić information content (AvgIpc) is 3.06. The molecule has 0 aliphatic carbocycles. The van der Waals surface area contributed by atoms with E-state index in [1.54, 1.807) is 30.3 Å². The van der Waals surface area contributed by atoms with E-state index in [1.807, 2.05) is 6.92 Å². The van der Waals surface area contributed by atoms with Gasteiger partial charge >= 0.3 is 0 Å². The molecule has 1 fully saturated rings. The van der Waals surface area contributed by atoms with Gasteiger partial charge in [-0.05, 0) is 54.3 Å². The number of nitrogens with zero attached hydrogens (tertiary/aromatic N) is 1. The standard InChI is InChI=1S/C26H31NO7/c1-15(2)14-34-20-9-7-18(12-16(20)3)24(29)22-23(17-6-8-19(28)21(13-17)33-5)27(10-11-32-4)26(31)25(22)30/h6-9,12-13,15,23,28-29H,10-11,14H2,1-5H3/b24-22+. The predicted octanol–water partition coefficient (Wildman–Crippen LogP) is 3.81. The highest BCUT2D eigenvalue weighted by molar-refractivity contribution is 6.46. The van der Waals surface area contributed by atoms with E-state index in [2.05, 4.69) is 13.8 Å². The third kappa shape index (κ3) is 5.02. The van der Waals surface area contributed by atoms with E-state index in [9.17, 15) is 19.8 Å². The number of carbonyl (C=O) groups excluding carboxylic acids is 2. The minimum absolute atomic E-state index is 0.0379. The van der Waals surface area contributed by atoms with Gasteiger partial charge in [0.25, 0.3) is 11.7 Å². The number of benzene rings is 2. The fraction of sp³-hybridized carbons (Fsp3) is 0.385. The third-order valence-corrected chi connectivity index (χ3v) is 5.62. The van der Waals surface area contributed by atoms with Crippen molar-refractivity contribution in [3.8, 4) is 17.2 Å². The number of likely N-dealkylation sites (tertiary alicyclic amines) is 1. The number of hydrogen-bond donors (Lipinski definition) is 2. The molecule has 0 bridgehead atoms. The van der Waals surface area contributed by atoms with Gasteiger partial charge < -0.3 is 29.3 Å².